The third-order valence-electron chi connectivity index (χ3n) is 5.00. The normalized spacial score (nSPS) is 10.7. The Balaban J connectivity index is 0.000000172. The number of nitro groups is 1. The van der Waals surface area contributed by atoms with E-state index >= 15 is 0 Å². The van der Waals surface area contributed by atoms with Crippen molar-refractivity contribution in [2.45, 2.75) is 13.8 Å². The van der Waals surface area contributed by atoms with E-state index in [0.717, 1.165) is 11.1 Å². The van der Waals surface area contributed by atoms with Gasteiger partial charge in [-0.1, -0.05) is 12.1 Å². The van der Waals surface area contributed by atoms with E-state index in [2.05, 4.69) is 0 Å². The van der Waals surface area contributed by atoms with E-state index in [1.165, 1.54) is 6.07 Å². The van der Waals surface area contributed by atoms with E-state index in [0.29, 0.717) is 22.2 Å². The summed E-state index contributed by atoms with van der Waals surface area (Å²) in [6.45, 7) is 3.45. The van der Waals surface area contributed by atoms with E-state index < -0.39 is 4.92 Å². The van der Waals surface area contributed by atoms with Gasteiger partial charge in [0.2, 0.25) is 0 Å². The molecule has 0 spiro atoms. The molecule has 0 aliphatic rings. The van der Waals surface area contributed by atoms with Crippen LogP contribution in [0.1, 0.15) is 11.1 Å². The summed E-state index contributed by atoms with van der Waals surface area (Å²) < 4.78 is 3.64. The van der Waals surface area contributed by atoms with Crippen molar-refractivity contribution in [1.82, 2.24) is 9.13 Å². The van der Waals surface area contributed by atoms with Crippen LogP contribution in [0.2, 0.25) is 0 Å². The van der Waals surface area contributed by atoms with Crippen molar-refractivity contribution in [3.05, 3.63) is 90.5 Å². The summed E-state index contributed by atoms with van der Waals surface area (Å²) >= 11 is 0. The van der Waals surface area contributed by atoms with Crippen LogP contribution in [0.25, 0.3) is 21.8 Å². The quantitative estimate of drug-likeness (QED) is 0.296. The number of pyridine rings is 2. The summed E-state index contributed by atoms with van der Waals surface area (Å²) in [6, 6.07) is 10.1. The molecule has 8 heteroatoms. The standard InChI is InChI=1S/C11H10N2O3.C11H12N2O/c1-7-6-12(2)8-4-3-5-9(13(15)16)10(8)11(7)14;1-7-6-13(2)9-5-3-4-8(12)10(9)11(7)14/h3-6H,1-2H3;3-6H,12H2,1-2H3. The van der Waals surface area contributed by atoms with Crippen LogP contribution in [-0.2, 0) is 14.1 Å². The molecule has 0 bridgehead atoms. The van der Waals surface area contributed by atoms with Gasteiger partial charge in [0.15, 0.2) is 10.9 Å². The Hall–Kier alpha value is -3.94. The Kier molecular flexibility index (Phi) is 5.42. The minimum Gasteiger partial charge on any atom is -0.398 e. The Morgan fingerprint density at radius 3 is 1.83 bits per heavy atom. The van der Waals surface area contributed by atoms with Crippen molar-refractivity contribution in [2.24, 2.45) is 14.1 Å². The molecule has 2 aromatic carbocycles. The van der Waals surface area contributed by atoms with Gasteiger partial charge < -0.3 is 14.9 Å². The van der Waals surface area contributed by atoms with Gasteiger partial charge >= 0.3 is 0 Å². The van der Waals surface area contributed by atoms with Crippen LogP contribution < -0.4 is 16.6 Å². The van der Waals surface area contributed by atoms with Gasteiger partial charge in [0.25, 0.3) is 5.69 Å². The highest BCUT2D eigenvalue weighted by atomic mass is 16.6. The first-order valence-corrected chi connectivity index (χ1v) is 9.21. The van der Waals surface area contributed by atoms with Gasteiger partial charge in [0, 0.05) is 49.4 Å². The highest BCUT2D eigenvalue weighted by molar-refractivity contribution is 5.90. The van der Waals surface area contributed by atoms with Gasteiger partial charge in [-0.2, -0.15) is 0 Å². The molecular formula is C22H22N4O4. The Bertz CT molecular complexity index is 1420. The third kappa shape index (κ3) is 3.55. The van der Waals surface area contributed by atoms with Crippen molar-refractivity contribution in [2.75, 3.05) is 5.73 Å². The zero-order valence-electron chi connectivity index (χ0n) is 17.2. The molecule has 2 heterocycles. The Labute approximate surface area is 171 Å². The predicted octanol–water partition coefficient (Wildman–Crippen LogP) is 3.18. The molecule has 30 heavy (non-hydrogen) atoms. The number of fused-ring (bicyclic) bond motifs is 2. The van der Waals surface area contributed by atoms with E-state index in [1.807, 2.05) is 29.9 Å². The fourth-order valence-electron chi connectivity index (χ4n) is 3.54. The maximum Gasteiger partial charge on any atom is 0.282 e. The Morgan fingerprint density at radius 1 is 0.833 bits per heavy atom. The Morgan fingerprint density at radius 2 is 1.30 bits per heavy atom. The van der Waals surface area contributed by atoms with Crippen LogP contribution in [0.3, 0.4) is 0 Å². The van der Waals surface area contributed by atoms with Crippen LogP contribution in [0, 0.1) is 24.0 Å². The smallest absolute Gasteiger partial charge is 0.282 e. The first-order chi connectivity index (χ1) is 14.1. The second-order valence-corrected chi connectivity index (χ2v) is 7.17. The average molecular weight is 406 g/mol. The average Bonchev–Trinajstić information content (AvgIpc) is 2.70. The molecule has 0 fully saturated rings. The number of anilines is 1. The number of non-ortho nitro benzene ring substituents is 1. The number of nitrogen functional groups attached to an aromatic ring is 1. The SMILES string of the molecule is Cc1cn(C)c2cccc(N)c2c1=O.Cc1cn(C)c2cccc([N+](=O)[O-])c2c1=O. The maximum atomic E-state index is 11.9. The van der Waals surface area contributed by atoms with Crippen molar-refractivity contribution >= 4 is 33.2 Å². The summed E-state index contributed by atoms with van der Waals surface area (Å²) in [7, 11) is 3.67. The van der Waals surface area contributed by atoms with E-state index in [9.17, 15) is 19.7 Å². The molecular weight excluding hydrogens is 384 g/mol. The fraction of sp³-hybridized carbons (Fsp3) is 0.182. The molecule has 0 unspecified atom stereocenters. The number of aryl methyl sites for hydroxylation is 4. The molecule has 2 N–H and O–H groups in total. The molecule has 4 aromatic rings. The van der Waals surface area contributed by atoms with Crippen molar-refractivity contribution in [3.63, 3.8) is 0 Å². The largest absolute Gasteiger partial charge is 0.398 e. The van der Waals surface area contributed by atoms with E-state index in [1.54, 1.807) is 49.9 Å². The van der Waals surface area contributed by atoms with Gasteiger partial charge in [-0.15, -0.1) is 0 Å². The summed E-state index contributed by atoms with van der Waals surface area (Å²) in [6.07, 6.45) is 3.50. The highest BCUT2D eigenvalue weighted by Gasteiger charge is 2.16. The number of benzene rings is 2. The number of hydrogen-bond donors (Lipinski definition) is 1. The summed E-state index contributed by atoms with van der Waals surface area (Å²) in [5.74, 6) is 0. The number of nitrogens with two attached hydrogens (primary N) is 1. The molecule has 0 radical (unpaired) electrons. The second-order valence-electron chi connectivity index (χ2n) is 7.17. The van der Waals surface area contributed by atoms with Crippen LogP contribution in [0.15, 0.2) is 58.4 Å². The third-order valence-corrected chi connectivity index (χ3v) is 5.00. The predicted molar refractivity (Wildman–Crippen MR) is 119 cm³/mol. The van der Waals surface area contributed by atoms with Crippen LogP contribution >= 0.6 is 0 Å². The fourth-order valence-corrected chi connectivity index (χ4v) is 3.54. The topological polar surface area (TPSA) is 113 Å². The molecule has 0 saturated heterocycles. The van der Waals surface area contributed by atoms with Crippen LogP contribution in [0.4, 0.5) is 11.4 Å². The minimum atomic E-state index is -0.525. The lowest BCUT2D eigenvalue weighted by Gasteiger charge is -2.07. The molecule has 0 aliphatic heterocycles. The number of nitrogens with zero attached hydrogens (tertiary/aromatic N) is 3. The number of rotatable bonds is 1. The number of aromatic nitrogens is 2. The zero-order valence-corrected chi connectivity index (χ0v) is 17.2. The first-order valence-electron chi connectivity index (χ1n) is 9.21. The highest BCUT2D eigenvalue weighted by Crippen LogP contribution is 2.22. The molecule has 4 rings (SSSR count). The number of nitro benzene ring substituents is 1. The summed E-state index contributed by atoms with van der Waals surface area (Å²) in [4.78, 5) is 34.0. The van der Waals surface area contributed by atoms with E-state index in [-0.39, 0.29) is 21.9 Å². The molecule has 2 aromatic heterocycles. The van der Waals surface area contributed by atoms with Crippen molar-refractivity contribution < 1.29 is 4.92 Å². The minimum absolute atomic E-state index is 0.0243. The maximum absolute atomic E-state index is 11.9. The monoisotopic (exact) mass is 406 g/mol. The summed E-state index contributed by atoms with van der Waals surface area (Å²) in [5.41, 5.74) is 8.61. The molecule has 8 nitrogen and oxygen atoms in total. The van der Waals surface area contributed by atoms with Crippen molar-refractivity contribution in [1.29, 1.82) is 0 Å². The molecule has 0 saturated carbocycles. The molecule has 0 amide bonds. The first kappa shape index (κ1) is 20.8. The molecule has 154 valence electrons. The second kappa shape index (κ2) is 7.82. The van der Waals surface area contributed by atoms with Crippen molar-refractivity contribution in [3.8, 4) is 0 Å². The van der Waals surface area contributed by atoms with Gasteiger partial charge in [-0.05, 0) is 32.0 Å². The lowest BCUT2D eigenvalue weighted by molar-refractivity contribution is -0.383. The van der Waals surface area contributed by atoms with E-state index in [4.69, 9.17) is 5.73 Å². The lowest BCUT2D eigenvalue weighted by atomic mass is 10.1. The van der Waals surface area contributed by atoms with Gasteiger partial charge in [0.1, 0.15) is 5.39 Å². The van der Waals surface area contributed by atoms with Crippen LogP contribution in [-0.4, -0.2) is 14.1 Å². The molecule has 0 aliphatic carbocycles. The van der Waals surface area contributed by atoms with Gasteiger partial charge in [-0.3, -0.25) is 19.7 Å². The van der Waals surface area contributed by atoms with Gasteiger partial charge in [-0.25, -0.2) is 0 Å². The summed E-state index contributed by atoms with van der Waals surface area (Å²) in [5, 5.41) is 11.6. The van der Waals surface area contributed by atoms with Gasteiger partial charge in [0.05, 0.1) is 21.3 Å². The lowest BCUT2D eigenvalue weighted by Crippen LogP contribution is -2.12. The van der Waals surface area contributed by atoms with Crippen LogP contribution in [0.5, 0.6) is 0 Å². The number of hydrogen-bond acceptors (Lipinski definition) is 5. The zero-order chi connectivity index (χ0) is 22.2. The molecule has 0 atom stereocenters.